The van der Waals surface area contributed by atoms with Gasteiger partial charge in [-0.3, -0.25) is 4.79 Å². The minimum atomic E-state index is -1.17. The van der Waals surface area contributed by atoms with Crippen molar-refractivity contribution in [1.29, 1.82) is 0 Å². The zero-order valence-electron chi connectivity index (χ0n) is 8.38. The van der Waals surface area contributed by atoms with Crippen molar-refractivity contribution >= 4 is 21.8 Å². The van der Waals surface area contributed by atoms with Gasteiger partial charge in [0.15, 0.2) is 5.60 Å². The summed E-state index contributed by atoms with van der Waals surface area (Å²) in [5.74, 6) is -0.815. The lowest BCUT2D eigenvalue weighted by Crippen LogP contribution is -2.43. The van der Waals surface area contributed by atoms with Crippen molar-refractivity contribution in [1.82, 2.24) is 0 Å². The minimum absolute atomic E-state index is 0.180. The van der Waals surface area contributed by atoms with Crippen molar-refractivity contribution in [3.8, 4) is 5.75 Å². The van der Waals surface area contributed by atoms with Crippen LogP contribution in [0, 0.1) is 5.82 Å². The Morgan fingerprint density at radius 3 is 2.67 bits per heavy atom. The zero-order chi connectivity index (χ0) is 11.6. The van der Waals surface area contributed by atoms with Crippen LogP contribution in [0.15, 0.2) is 22.7 Å². The molecule has 1 aromatic carbocycles. The van der Waals surface area contributed by atoms with Gasteiger partial charge in [0, 0.05) is 0 Å². The van der Waals surface area contributed by atoms with Crippen molar-refractivity contribution < 1.29 is 13.9 Å². The lowest BCUT2D eigenvalue weighted by Gasteiger charge is -2.23. The van der Waals surface area contributed by atoms with Gasteiger partial charge in [0.1, 0.15) is 11.6 Å². The third-order valence-electron chi connectivity index (χ3n) is 1.87. The highest BCUT2D eigenvalue weighted by molar-refractivity contribution is 9.10. The van der Waals surface area contributed by atoms with E-state index in [1.165, 1.54) is 26.0 Å². The molecule has 15 heavy (non-hydrogen) atoms. The predicted molar refractivity (Wildman–Crippen MR) is 58.0 cm³/mol. The molecule has 0 aliphatic heterocycles. The molecule has 0 aliphatic carbocycles. The molecule has 0 fully saturated rings. The van der Waals surface area contributed by atoms with E-state index in [2.05, 4.69) is 15.9 Å². The highest BCUT2D eigenvalue weighted by Gasteiger charge is 2.28. The van der Waals surface area contributed by atoms with Crippen LogP contribution in [-0.4, -0.2) is 11.5 Å². The molecule has 2 N–H and O–H groups in total. The average Bonchev–Trinajstić information content (AvgIpc) is 2.12. The molecule has 0 aromatic heterocycles. The maximum atomic E-state index is 13.1. The normalized spacial score (nSPS) is 11.2. The molecular formula is C10H11BrFNO2. The quantitative estimate of drug-likeness (QED) is 0.920. The van der Waals surface area contributed by atoms with Gasteiger partial charge in [-0.15, -0.1) is 0 Å². The lowest BCUT2D eigenvalue weighted by atomic mass is 10.1. The van der Waals surface area contributed by atoms with Crippen molar-refractivity contribution in [3.63, 3.8) is 0 Å². The maximum absolute atomic E-state index is 13.1. The van der Waals surface area contributed by atoms with E-state index in [1.54, 1.807) is 6.07 Å². The molecule has 82 valence electrons. The van der Waals surface area contributed by atoms with Crippen molar-refractivity contribution in [2.75, 3.05) is 0 Å². The fourth-order valence-electron chi connectivity index (χ4n) is 0.888. The molecule has 0 saturated carbocycles. The van der Waals surface area contributed by atoms with Gasteiger partial charge in [-0.1, -0.05) is 6.07 Å². The van der Waals surface area contributed by atoms with Gasteiger partial charge in [0.25, 0.3) is 5.91 Å². The van der Waals surface area contributed by atoms with Crippen molar-refractivity contribution in [2.45, 2.75) is 19.4 Å². The fraction of sp³-hybridized carbons (Fsp3) is 0.300. The summed E-state index contributed by atoms with van der Waals surface area (Å²) < 4.78 is 18.6. The largest absolute Gasteiger partial charge is 0.477 e. The first kappa shape index (κ1) is 12.0. The third kappa shape index (κ3) is 2.68. The molecule has 0 atom stereocenters. The van der Waals surface area contributed by atoms with E-state index in [1.807, 2.05) is 0 Å². The van der Waals surface area contributed by atoms with E-state index < -0.39 is 17.3 Å². The second kappa shape index (κ2) is 4.18. The molecule has 1 aromatic rings. The molecule has 1 amide bonds. The fourth-order valence-corrected chi connectivity index (χ4v) is 1.23. The van der Waals surface area contributed by atoms with Crippen LogP contribution >= 0.6 is 15.9 Å². The Labute approximate surface area is 95.5 Å². The molecular weight excluding hydrogens is 265 g/mol. The Balaban J connectivity index is 3.00. The standard InChI is InChI=1S/C10H11BrFNO2/c1-10(2,9(13)14)15-7-5-3-4-6(12)8(7)11/h3-5H,1-2H3,(H2,13,14). The Bertz CT molecular complexity index is 393. The molecule has 0 bridgehead atoms. The third-order valence-corrected chi connectivity index (χ3v) is 2.64. The first-order valence-corrected chi connectivity index (χ1v) is 5.07. The summed E-state index contributed by atoms with van der Waals surface area (Å²) >= 11 is 3.03. The molecule has 0 heterocycles. The molecule has 0 aliphatic rings. The van der Waals surface area contributed by atoms with E-state index in [-0.39, 0.29) is 10.2 Å². The number of rotatable bonds is 3. The van der Waals surface area contributed by atoms with Gasteiger partial charge >= 0.3 is 0 Å². The van der Waals surface area contributed by atoms with E-state index in [0.717, 1.165) is 0 Å². The second-order valence-electron chi connectivity index (χ2n) is 3.53. The van der Waals surface area contributed by atoms with Crippen LogP contribution in [-0.2, 0) is 4.79 Å². The first-order chi connectivity index (χ1) is 6.84. The summed E-state index contributed by atoms with van der Waals surface area (Å²) in [4.78, 5) is 11.0. The summed E-state index contributed by atoms with van der Waals surface area (Å²) in [6, 6.07) is 4.33. The molecule has 5 heteroatoms. The lowest BCUT2D eigenvalue weighted by molar-refractivity contribution is -0.130. The molecule has 1 rings (SSSR count). The predicted octanol–water partition coefficient (Wildman–Crippen LogP) is 2.23. The number of carbonyl (C=O) groups is 1. The number of benzene rings is 1. The van der Waals surface area contributed by atoms with Crippen LogP contribution in [0.2, 0.25) is 0 Å². The maximum Gasteiger partial charge on any atom is 0.261 e. The van der Waals surface area contributed by atoms with Crippen LogP contribution in [0.25, 0.3) is 0 Å². The number of hydrogen-bond acceptors (Lipinski definition) is 2. The van der Waals surface area contributed by atoms with Gasteiger partial charge in [-0.05, 0) is 41.9 Å². The number of ether oxygens (including phenoxy) is 1. The zero-order valence-corrected chi connectivity index (χ0v) is 9.97. The molecule has 0 saturated heterocycles. The smallest absolute Gasteiger partial charge is 0.261 e. The van der Waals surface area contributed by atoms with Gasteiger partial charge < -0.3 is 10.5 Å². The second-order valence-corrected chi connectivity index (χ2v) is 4.32. The Kier molecular flexibility index (Phi) is 3.34. The monoisotopic (exact) mass is 275 g/mol. The summed E-state index contributed by atoms with van der Waals surface area (Å²) in [6.45, 7) is 3.04. The SMILES string of the molecule is CC(C)(Oc1cccc(F)c1Br)C(N)=O. The van der Waals surface area contributed by atoms with Crippen LogP contribution in [0.5, 0.6) is 5.75 Å². The highest BCUT2D eigenvalue weighted by Crippen LogP contribution is 2.30. The highest BCUT2D eigenvalue weighted by atomic mass is 79.9. The molecule has 0 radical (unpaired) electrons. The number of halogens is 2. The number of primary amides is 1. The molecule has 0 unspecified atom stereocenters. The van der Waals surface area contributed by atoms with Gasteiger partial charge in [0.2, 0.25) is 0 Å². The number of hydrogen-bond donors (Lipinski definition) is 1. The van der Waals surface area contributed by atoms with Gasteiger partial charge in [-0.25, -0.2) is 4.39 Å². The topological polar surface area (TPSA) is 52.3 Å². The van der Waals surface area contributed by atoms with Crippen molar-refractivity contribution in [2.24, 2.45) is 5.73 Å². The Morgan fingerprint density at radius 2 is 2.13 bits per heavy atom. The number of amides is 1. The van der Waals surface area contributed by atoms with Crippen LogP contribution in [0.1, 0.15) is 13.8 Å². The van der Waals surface area contributed by atoms with Crippen LogP contribution < -0.4 is 10.5 Å². The summed E-state index contributed by atoms with van der Waals surface area (Å²) in [7, 11) is 0. The summed E-state index contributed by atoms with van der Waals surface area (Å²) in [5.41, 5.74) is 3.96. The van der Waals surface area contributed by atoms with E-state index in [9.17, 15) is 9.18 Å². The van der Waals surface area contributed by atoms with E-state index in [0.29, 0.717) is 0 Å². The van der Waals surface area contributed by atoms with Crippen molar-refractivity contribution in [3.05, 3.63) is 28.5 Å². The van der Waals surface area contributed by atoms with Gasteiger partial charge in [-0.2, -0.15) is 0 Å². The van der Waals surface area contributed by atoms with Crippen LogP contribution in [0.3, 0.4) is 0 Å². The minimum Gasteiger partial charge on any atom is -0.477 e. The summed E-state index contributed by atoms with van der Waals surface area (Å²) in [6.07, 6.45) is 0. The Hall–Kier alpha value is -1.10. The molecule has 3 nitrogen and oxygen atoms in total. The first-order valence-electron chi connectivity index (χ1n) is 4.27. The Morgan fingerprint density at radius 1 is 1.53 bits per heavy atom. The van der Waals surface area contributed by atoms with E-state index >= 15 is 0 Å². The van der Waals surface area contributed by atoms with Gasteiger partial charge in [0.05, 0.1) is 4.47 Å². The molecule has 0 spiro atoms. The summed E-state index contributed by atoms with van der Waals surface area (Å²) in [5, 5.41) is 0. The average molecular weight is 276 g/mol. The number of carbonyl (C=O) groups excluding carboxylic acids is 1. The number of nitrogens with two attached hydrogens (primary N) is 1. The van der Waals surface area contributed by atoms with E-state index in [4.69, 9.17) is 10.5 Å². The van der Waals surface area contributed by atoms with Crippen LogP contribution in [0.4, 0.5) is 4.39 Å².